The molecule has 17 nitrogen and oxygen atoms in total. The van der Waals surface area contributed by atoms with Crippen LogP contribution >= 0.6 is 15.6 Å². The molecule has 8 atom stereocenters. The average Bonchev–Trinajstić information content (AvgIpc) is 3.27. The summed E-state index contributed by atoms with van der Waals surface area (Å²) >= 11 is 0. The number of hydrogen-bond donors (Lipinski definition) is 7. The lowest BCUT2D eigenvalue weighted by molar-refractivity contribution is -0.199. The minimum absolute atomic E-state index is 0.0113. The van der Waals surface area contributed by atoms with Gasteiger partial charge in [0, 0.05) is 25.2 Å². The third-order valence-electron chi connectivity index (χ3n) is 10.1. The molecule has 0 aliphatic carbocycles. The molecule has 1 saturated heterocycles. The molecule has 0 bridgehead atoms. The molecular formula is C48H80O17P2. The van der Waals surface area contributed by atoms with E-state index in [0.717, 1.165) is 70.6 Å². The molecule has 0 aromatic rings. The van der Waals surface area contributed by atoms with Gasteiger partial charge in [-0.2, -0.15) is 0 Å². The van der Waals surface area contributed by atoms with E-state index in [9.17, 15) is 44.0 Å². The fourth-order valence-electron chi connectivity index (χ4n) is 6.41. The second-order valence-corrected chi connectivity index (χ2v) is 18.9. The van der Waals surface area contributed by atoms with Gasteiger partial charge in [-0.25, -0.2) is 9.13 Å². The van der Waals surface area contributed by atoms with Crippen molar-refractivity contribution in [1.29, 1.82) is 0 Å². The van der Waals surface area contributed by atoms with E-state index in [4.69, 9.17) is 28.5 Å². The first kappa shape index (κ1) is 62.2. The molecule has 0 spiro atoms. The highest BCUT2D eigenvalue weighted by atomic mass is 31.2. The molecule has 0 radical (unpaired) electrons. The van der Waals surface area contributed by atoms with Crippen molar-refractivity contribution in [3.63, 3.8) is 0 Å². The lowest BCUT2D eigenvalue weighted by Gasteiger charge is -2.36. The summed E-state index contributed by atoms with van der Waals surface area (Å²) in [5.41, 5.74) is 0. The summed E-state index contributed by atoms with van der Waals surface area (Å²) in [4.78, 5) is 53.1. The van der Waals surface area contributed by atoms with Gasteiger partial charge in [-0.3, -0.25) is 23.2 Å². The van der Waals surface area contributed by atoms with Crippen molar-refractivity contribution in [1.82, 2.24) is 0 Å². The van der Waals surface area contributed by atoms with Gasteiger partial charge in [0.05, 0.1) is 38.1 Å². The van der Waals surface area contributed by atoms with Gasteiger partial charge >= 0.3 is 27.6 Å². The summed E-state index contributed by atoms with van der Waals surface area (Å²) < 4.78 is 53.5. The topological polar surface area (TPSA) is 265 Å². The maximum atomic E-state index is 12.7. The van der Waals surface area contributed by atoms with Crippen LogP contribution in [-0.4, -0.2) is 110 Å². The number of carbonyl (C=O) groups is 2. The molecule has 0 saturated carbocycles. The third-order valence-corrected chi connectivity index (χ3v) is 11.5. The first-order chi connectivity index (χ1) is 32.0. The molecule has 384 valence electrons. The minimum atomic E-state index is -4.91. The molecule has 1 aliphatic rings. The number of allylic oxidation sites excluding steroid dienone is 12. The number of hydrogen-bond acceptors (Lipinski definition) is 14. The van der Waals surface area contributed by atoms with Crippen LogP contribution < -0.4 is 0 Å². The van der Waals surface area contributed by atoms with Crippen molar-refractivity contribution in [3.05, 3.63) is 85.1 Å². The van der Waals surface area contributed by atoms with E-state index in [1.165, 1.54) is 0 Å². The van der Waals surface area contributed by atoms with Gasteiger partial charge in [0.1, 0.15) is 12.7 Å². The highest BCUT2D eigenvalue weighted by molar-refractivity contribution is 7.47. The van der Waals surface area contributed by atoms with Gasteiger partial charge in [0.15, 0.2) is 12.4 Å². The molecule has 1 heterocycles. The van der Waals surface area contributed by atoms with E-state index in [2.05, 4.69) is 83.7 Å². The van der Waals surface area contributed by atoms with Crippen molar-refractivity contribution >= 4 is 27.6 Å². The number of carbonyl (C=O) groups excluding carboxylic acids is 2. The van der Waals surface area contributed by atoms with Gasteiger partial charge in [-0.15, -0.1) is 0 Å². The van der Waals surface area contributed by atoms with Gasteiger partial charge in [0.25, 0.3) is 0 Å². The largest absolute Gasteiger partial charge is 0.472 e. The molecule has 67 heavy (non-hydrogen) atoms. The van der Waals surface area contributed by atoms with E-state index in [1.54, 1.807) is 12.2 Å². The molecule has 0 amide bonds. The predicted octanol–water partition coefficient (Wildman–Crippen LogP) is 8.45. The summed E-state index contributed by atoms with van der Waals surface area (Å²) in [6, 6.07) is 0. The quantitative estimate of drug-likeness (QED) is 0.0132. The smallest absolute Gasteiger partial charge is 0.462 e. The second kappa shape index (κ2) is 38.9. The van der Waals surface area contributed by atoms with Crippen LogP contribution in [0.15, 0.2) is 85.1 Å². The van der Waals surface area contributed by atoms with E-state index in [-0.39, 0.29) is 25.2 Å². The number of rotatable bonds is 39. The van der Waals surface area contributed by atoms with Crippen molar-refractivity contribution in [3.8, 4) is 0 Å². The van der Waals surface area contributed by atoms with Crippen LogP contribution in [0.3, 0.4) is 0 Å². The SMILES string of the molecule is CC/C=C\C/C=C\C/C=C\C/C=C\C/C=C\CCCCCC(=O)O[C@H](COC(=O)CCC/C=C\C[C@H]1[C@@H](O)CC(O)O[C@@H]1/C=C/[C@@H](O)CCCCC)COP(=O)(O)OC[C@@H](O)COP(=O)(O)O. The number of ether oxygens (including phenoxy) is 3. The Morgan fingerprint density at radius 2 is 1.25 bits per heavy atom. The van der Waals surface area contributed by atoms with Crippen LogP contribution in [0.25, 0.3) is 0 Å². The number of aliphatic hydroxyl groups excluding tert-OH is 4. The molecule has 2 unspecified atom stereocenters. The van der Waals surface area contributed by atoms with E-state index < -0.39 is 90.8 Å². The number of esters is 2. The highest BCUT2D eigenvalue weighted by Crippen LogP contribution is 2.44. The van der Waals surface area contributed by atoms with Crippen molar-refractivity contribution < 1.29 is 81.6 Å². The molecule has 1 rings (SSSR count). The minimum Gasteiger partial charge on any atom is -0.462 e. The second-order valence-electron chi connectivity index (χ2n) is 16.2. The number of phosphoric ester groups is 2. The fraction of sp³-hybridized carbons (Fsp3) is 0.667. The monoisotopic (exact) mass is 990 g/mol. The number of phosphoric acid groups is 2. The summed E-state index contributed by atoms with van der Waals surface area (Å²) in [5.74, 6) is -1.63. The Morgan fingerprint density at radius 3 is 1.90 bits per heavy atom. The Morgan fingerprint density at radius 1 is 0.672 bits per heavy atom. The standard InChI is InChI=1S/C48H80O17P2/c1-3-5-7-8-9-10-11-12-13-14-15-16-17-18-19-20-21-22-28-32-47(53)64-42(39-63-67(58,59)62-37-41(50)36-61-66(55,56)57)38-60-46(52)31-27-24-23-26-30-43-44(51)35-48(54)65-45(43)34-33-40(49)29-25-6-4-2/h5,7,9-10,12-13,15-16,18-19,23,26,33-34,40-45,48-51,54H,3-4,6,8,11,14,17,20-22,24-25,27-32,35-39H2,1-2H3,(H,58,59)(H2,55,56,57)/b7-5-,10-9-,13-12-,16-15-,19-18-,26-23-,34-33+/t40-,41-,42+,43-,44-,45+,48?/m0/s1. The summed E-state index contributed by atoms with van der Waals surface area (Å²) in [5, 5.41) is 40.8. The molecule has 0 aromatic carbocycles. The fourth-order valence-corrected chi connectivity index (χ4v) is 7.57. The first-order valence-corrected chi connectivity index (χ1v) is 26.7. The van der Waals surface area contributed by atoms with Crippen molar-refractivity contribution in [2.45, 2.75) is 173 Å². The maximum absolute atomic E-state index is 12.7. The molecule has 1 fully saturated rings. The zero-order chi connectivity index (χ0) is 49.6. The van der Waals surface area contributed by atoms with Crippen LogP contribution in [0.4, 0.5) is 0 Å². The number of aliphatic hydroxyl groups is 4. The summed E-state index contributed by atoms with van der Waals surface area (Å²) in [7, 11) is -9.80. The van der Waals surface area contributed by atoms with Crippen molar-refractivity contribution in [2.75, 3.05) is 26.4 Å². The normalized spacial score (nSPS) is 20.9. The Balaban J connectivity index is 2.59. The Bertz CT molecular complexity index is 1620. The summed E-state index contributed by atoms with van der Waals surface area (Å²) in [6.07, 6.45) is 34.7. The first-order valence-electron chi connectivity index (χ1n) is 23.7. The molecule has 1 aliphatic heterocycles. The molecule has 19 heteroatoms. The van der Waals surface area contributed by atoms with Crippen molar-refractivity contribution in [2.24, 2.45) is 5.92 Å². The highest BCUT2D eigenvalue weighted by Gasteiger charge is 2.35. The van der Waals surface area contributed by atoms with Crippen LogP contribution in [0.1, 0.15) is 136 Å². The van der Waals surface area contributed by atoms with E-state index in [0.29, 0.717) is 32.1 Å². The van der Waals surface area contributed by atoms with Gasteiger partial charge in [0.2, 0.25) is 0 Å². The predicted molar refractivity (Wildman–Crippen MR) is 256 cm³/mol. The van der Waals surface area contributed by atoms with Gasteiger partial charge in [-0.1, -0.05) is 125 Å². The lowest BCUT2D eigenvalue weighted by atomic mass is 9.87. The maximum Gasteiger partial charge on any atom is 0.472 e. The number of unbranched alkanes of at least 4 members (excludes halogenated alkanes) is 6. The molecular weight excluding hydrogens is 910 g/mol. The van der Waals surface area contributed by atoms with Gasteiger partial charge in [-0.05, 0) is 77.0 Å². The lowest BCUT2D eigenvalue weighted by Crippen LogP contribution is -2.43. The van der Waals surface area contributed by atoms with Crippen LogP contribution in [-0.2, 0) is 46.5 Å². The Hall–Kier alpha value is -2.86. The molecule has 0 aromatic heterocycles. The van der Waals surface area contributed by atoms with Crippen LogP contribution in [0.2, 0.25) is 0 Å². The zero-order valence-corrected chi connectivity index (χ0v) is 41.3. The Labute approximate surface area is 398 Å². The zero-order valence-electron chi connectivity index (χ0n) is 39.5. The van der Waals surface area contributed by atoms with E-state index >= 15 is 0 Å². The summed E-state index contributed by atoms with van der Waals surface area (Å²) in [6.45, 7) is 1.18. The molecule has 7 N–H and O–H groups in total. The van der Waals surface area contributed by atoms with Crippen LogP contribution in [0, 0.1) is 5.92 Å². The van der Waals surface area contributed by atoms with E-state index in [1.807, 2.05) is 12.2 Å². The van der Waals surface area contributed by atoms with Crippen LogP contribution in [0.5, 0.6) is 0 Å². The van der Waals surface area contributed by atoms with Gasteiger partial charge < -0.3 is 49.3 Å². The third kappa shape index (κ3) is 36.7. The average molecular weight is 991 g/mol. The Kier molecular flexibility index (Phi) is 36.1.